The molecule has 0 saturated carbocycles. The fourth-order valence-electron chi connectivity index (χ4n) is 1.45. The van der Waals surface area contributed by atoms with Crippen LogP contribution in [0.1, 0.15) is 37.6 Å². The SMILES string of the molecule is CCC(=O)NNC(=O)c1ccc(OC(C)C)c(OC)c1. The third kappa shape index (κ3) is 4.46. The molecule has 1 aromatic rings. The number of carbonyl (C=O) groups is 2. The Morgan fingerprint density at radius 2 is 1.90 bits per heavy atom. The van der Waals surface area contributed by atoms with Gasteiger partial charge in [-0.2, -0.15) is 0 Å². The second kappa shape index (κ2) is 7.37. The Hall–Kier alpha value is -2.24. The predicted molar refractivity (Wildman–Crippen MR) is 74.7 cm³/mol. The molecular formula is C14H20N2O4. The lowest BCUT2D eigenvalue weighted by molar-refractivity contribution is -0.121. The van der Waals surface area contributed by atoms with E-state index in [4.69, 9.17) is 9.47 Å². The summed E-state index contributed by atoms with van der Waals surface area (Å²) in [4.78, 5) is 22.9. The molecule has 0 unspecified atom stereocenters. The van der Waals surface area contributed by atoms with Crippen LogP contribution in [0, 0.1) is 0 Å². The number of hydrogen-bond donors (Lipinski definition) is 2. The standard InChI is InChI=1S/C14H20N2O4/c1-5-13(17)15-16-14(18)10-6-7-11(20-9(2)3)12(8-10)19-4/h6-9H,5H2,1-4H3,(H,15,17)(H,16,18). The van der Waals surface area contributed by atoms with Crippen LogP contribution in [-0.4, -0.2) is 25.0 Å². The first-order valence-corrected chi connectivity index (χ1v) is 6.41. The Morgan fingerprint density at radius 1 is 1.20 bits per heavy atom. The van der Waals surface area contributed by atoms with Gasteiger partial charge in [0.15, 0.2) is 11.5 Å². The van der Waals surface area contributed by atoms with Crippen molar-refractivity contribution in [2.75, 3.05) is 7.11 Å². The summed E-state index contributed by atoms with van der Waals surface area (Å²) in [6, 6.07) is 4.83. The highest BCUT2D eigenvalue weighted by molar-refractivity contribution is 5.95. The normalized spacial score (nSPS) is 10.1. The van der Waals surface area contributed by atoms with Gasteiger partial charge in [-0.05, 0) is 32.0 Å². The van der Waals surface area contributed by atoms with Crippen molar-refractivity contribution in [2.24, 2.45) is 0 Å². The molecule has 2 amide bonds. The van der Waals surface area contributed by atoms with Gasteiger partial charge in [-0.15, -0.1) is 0 Å². The van der Waals surface area contributed by atoms with E-state index in [1.165, 1.54) is 7.11 Å². The average molecular weight is 280 g/mol. The maximum absolute atomic E-state index is 11.8. The summed E-state index contributed by atoms with van der Waals surface area (Å²) in [5.41, 5.74) is 5.00. The van der Waals surface area contributed by atoms with Crippen molar-refractivity contribution in [3.8, 4) is 11.5 Å². The number of hydrogen-bond acceptors (Lipinski definition) is 4. The zero-order valence-corrected chi connectivity index (χ0v) is 12.1. The summed E-state index contributed by atoms with van der Waals surface area (Å²) >= 11 is 0. The van der Waals surface area contributed by atoms with E-state index < -0.39 is 5.91 Å². The lowest BCUT2D eigenvalue weighted by atomic mass is 10.2. The molecule has 0 aliphatic heterocycles. The van der Waals surface area contributed by atoms with Gasteiger partial charge in [0.05, 0.1) is 13.2 Å². The molecule has 2 N–H and O–H groups in total. The van der Waals surface area contributed by atoms with Crippen molar-refractivity contribution in [1.82, 2.24) is 10.9 Å². The molecule has 20 heavy (non-hydrogen) atoms. The first kappa shape index (κ1) is 15.8. The molecule has 0 aliphatic carbocycles. The van der Waals surface area contributed by atoms with Crippen molar-refractivity contribution >= 4 is 11.8 Å². The van der Waals surface area contributed by atoms with Gasteiger partial charge < -0.3 is 9.47 Å². The number of carbonyl (C=O) groups excluding carboxylic acids is 2. The van der Waals surface area contributed by atoms with Crippen LogP contribution in [0.3, 0.4) is 0 Å². The minimum Gasteiger partial charge on any atom is -0.493 e. The monoisotopic (exact) mass is 280 g/mol. The molecule has 0 spiro atoms. The minimum atomic E-state index is -0.416. The zero-order chi connectivity index (χ0) is 15.1. The third-order valence-electron chi connectivity index (χ3n) is 2.43. The molecule has 0 bridgehead atoms. The molecule has 1 rings (SSSR count). The number of benzene rings is 1. The number of nitrogens with one attached hydrogen (secondary N) is 2. The number of hydrazine groups is 1. The molecule has 0 fully saturated rings. The highest BCUT2D eigenvalue weighted by atomic mass is 16.5. The lowest BCUT2D eigenvalue weighted by Gasteiger charge is -2.14. The van der Waals surface area contributed by atoms with E-state index in [-0.39, 0.29) is 12.0 Å². The minimum absolute atomic E-state index is 0.00687. The second-order valence-corrected chi connectivity index (χ2v) is 4.39. The maximum atomic E-state index is 11.8. The summed E-state index contributed by atoms with van der Waals surface area (Å²) in [5, 5.41) is 0. The fourth-order valence-corrected chi connectivity index (χ4v) is 1.45. The maximum Gasteiger partial charge on any atom is 0.269 e. The number of methoxy groups -OCH3 is 1. The van der Waals surface area contributed by atoms with Crippen LogP contribution in [0.5, 0.6) is 11.5 Å². The van der Waals surface area contributed by atoms with E-state index in [0.717, 1.165) is 0 Å². The first-order chi connectivity index (χ1) is 9.47. The quantitative estimate of drug-likeness (QED) is 0.804. The van der Waals surface area contributed by atoms with E-state index in [1.807, 2.05) is 13.8 Å². The molecule has 0 atom stereocenters. The van der Waals surface area contributed by atoms with Crippen molar-refractivity contribution in [2.45, 2.75) is 33.3 Å². The Balaban J connectivity index is 2.81. The van der Waals surface area contributed by atoms with Crippen LogP contribution in [0.15, 0.2) is 18.2 Å². The topological polar surface area (TPSA) is 76.7 Å². The highest BCUT2D eigenvalue weighted by Crippen LogP contribution is 2.28. The van der Waals surface area contributed by atoms with Gasteiger partial charge in [-0.3, -0.25) is 20.4 Å². The summed E-state index contributed by atoms with van der Waals surface area (Å²) < 4.78 is 10.8. The Kier molecular flexibility index (Phi) is 5.83. The van der Waals surface area contributed by atoms with Gasteiger partial charge in [0, 0.05) is 12.0 Å². The Bertz CT molecular complexity index is 486. The largest absolute Gasteiger partial charge is 0.493 e. The molecule has 6 nitrogen and oxygen atoms in total. The molecule has 0 saturated heterocycles. The smallest absolute Gasteiger partial charge is 0.269 e. The van der Waals surface area contributed by atoms with Gasteiger partial charge in [-0.1, -0.05) is 6.92 Å². The summed E-state index contributed by atoms with van der Waals surface area (Å²) in [6.07, 6.45) is 0.303. The van der Waals surface area contributed by atoms with Crippen LogP contribution in [0.2, 0.25) is 0 Å². The van der Waals surface area contributed by atoms with E-state index in [9.17, 15) is 9.59 Å². The molecule has 0 radical (unpaired) electrons. The molecule has 0 aliphatic rings. The number of amides is 2. The van der Waals surface area contributed by atoms with Crippen molar-refractivity contribution < 1.29 is 19.1 Å². The molecular weight excluding hydrogens is 260 g/mol. The number of rotatable bonds is 5. The van der Waals surface area contributed by atoms with Crippen molar-refractivity contribution in [3.63, 3.8) is 0 Å². The molecule has 1 aromatic carbocycles. The zero-order valence-electron chi connectivity index (χ0n) is 12.1. The van der Waals surface area contributed by atoms with E-state index in [0.29, 0.717) is 23.5 Å². The Morgan fingerprint density at radius 3 is 2.45 bits per heavy atom. The number of ether oxygens (including phenoxy) is 2. The van der Waals surface area contributed by atoms with Crippen LogP contribution >= 0.6 is 0 Å². The van der Waals surface area contributed by atoms with Gasteiger partial charge in [-0.25, -0.2) is 0 Å². The highest BCUT2D eigenvalue weighted by Gasteiger charge is 2.12. The van der Waals surface area contributed by atoms with Gasteiger partial charge >= 0.3 is 0 Å². The summed E-state index contributed by atoms with van der Waals surface area (Å²) in [7, 11) is 1.50. The van der Waals surface area contributed by atoms with E-state index >= 15 is 0 Å². The molecule has 0 aromatic heterocycles. The first-order valence-electron chi connectivity index (χ1n) is 6.41. The van der Waals surface area contributed by atoms with Crippen molar-refractivity contribution in [3.05, 3.63) is 23.8 Å². The fraction of sp³-hybridized carbons (Fsp3) is 0.429. The Labute approximate surface area is 118 Å². The molecule has 110 valence electrons. The van der Waals surface area contributed by atoms with E-state index in [2.05, 4.69) is 10.9 Å². The molecule has 0 heterocycles. The summed E-state index contributed by atoms with van der Waals surface area (Å²) in [6.45, 7) is 5.50. The van der Waals surface area contributed by atoms with Crippen LogP contribution in [-0.2, 0) is 4.79 Å². The van der Waals surface area contributed by atoms with Gasteiger partial charge in [0.2, 0.25) is 5.91 Å². The third-order valence-corrected chi connectivity index (χ3v) is 2.43. The lowest BCUT2D eigenvalue weighted by Crippen LogP contribution is -2.41. The molecule has 6 heteroatoms. The van der Waals surface area contributed by atoms with Crippen LogP contribution < -0.4 is 20.3 Å². The average Bonchev–Trinajstić information content (AvgIpc) is 2.44. The summed E-state index contributed by atoms with van der Waals surface area (Å²) in [5.74, 6) is 0.357. The van der Waals surface area contributed by atoms with Crippen LogP contribution in [0.4, 0.5) is 0 Å². The van der Waals surface area contributed by atoms with Crippen LogP contribution in [0.25, 0.3) is 0 Å². The van der Waals surface area contributed by atoms with Crippen molar-refractivity contribution in [1.29, 1.82) is 0 Å². The van der Waals surface area contributed by atoms with E-state index in [1.54, 1.807) is 25.1 Å². The van der Waals surface area contributed by atoms with Gasteiger partial charge in [0.25, 0.3) is 5.91 Å². The van der Waals surface area contributed by atoms with Gasteiger partial charge in [0.1, 0.15) is 0 Å². The second-order valence-electron chi connectivity index (χ2n) is 4.39. The predicted octanol–water partition coefficient (Wildman–Crippen LogP) is 1.65.